The van der Waals surface area contributed by atoms with E-state index in [9.17, 15) is 14.3 Å². The van der Waals surface area contributed by atoms with Gasteiger partial charge in [0.25, 0.3) is 0 Å². The zero-order valence-electron chi connectivity index (χ0n) is 20.9. The maximum absolute atomic E-state index is 13.8. The Morgan fingerprint density at radius 2 is 2.03 bits per heavy atom. The van der Waals surface area contributed by atoms with Crippen molar-refractivity contribution in [2.24, 2.45) is 5.92 Å². The maximum Gasteiger partial charge on any atom is 0.320 e. The number of hydrogen-bond acceptors (Lipinski definition) is 4. The second kappa shape index (κ2) is 9.67. The minimum absolute atomic E-state index is 0.0125. The lowest BCUT2D eigenvalue weighted by atomic mass is 9.85. The Morgan fingerprint density at radius 3 is 2.86 bits per heavy atom. The van der Waals surface area contributed by atoms with Crippen LogP contribution >= 0.6 is 0 Å². The topological polar surface area (TPSA) is 81.7 Å². The van der Waals surface area contributed by atoms with Crippen LogP contribution in [-0.4, -0.2) is 62.7 Å². The Bertz CT molecular complexity index is 1400. The van der Waals surface area contributed by atoms with E-state index in [1.54, 1.807) is 6.08 Å². The number of carbonyl (C=O) groups is 1. The molecule has 3 heterocycles. The average Bonchev–Trinajstić information content (AvgIpc) is 3.14. The normalized spacial score (nSPS) is 23.9. The summed E-state index contributed by atoms with van der Waals surface area (Å²) in [5.41, 5.74) is 4.99. The summed E-state index contributed by atoms with van der Waals surface area (Å²) in [6, 6.07) is 12.1. The van der Waals surface area contributed by atoms with E-state index in [1.165, 1.54) is 6.08 Å². The molecular weight excluding hydrogens is 471 g/mol. The Hall–Kier alpha value is -3.65. The van der Waals surface area contributed by atoms with Crippen molar-refractivity contribution in [3.05, 3.63) is 71.8 Å². The number of aromatic amines is 1. The molecule has 2 aromatic carbocycles. The lowest BCUT2D eigenvalue weighted by molar-refractivity contribution is 0.0325. The van der Waals surface area contributed by atoms with Gasteiger partial charge in [-0.2, -0.15) is 0 Å². The summed E-state index contributed by atoms with van der Waals surface area (Å²) in [6.07, 6.45) is 5.98. The van der Waals surface area contributed by atoms with E-state index in [2.05, 4.69) is 28.2 Å². The van der Waals surface area contributed by atoms with Gasteiger partial charge in [0.1, 0.15) is 24.0 Å². The third-order valence-electron chi connectivity index (χ3n) is 7.69. The van der Waals surface area contributed by atoms with E-state index in [0.29, 0.717) is 45.5 Å². The van der Waals surface area contributed by atoms with Gasteiger partial charge in [-0.25, -0.2) is 14.2 Å². The van der Waals surface area contributed by atoms with Crippen LogP contribution < -0.4 is 4.74 Å². The summed E-state index contributed by atoms with van der Waals surface area (Å²) in [7, 11) is 0. The number of nitrogens with zero attached hydrogens (tertiary/aromatic N) is 3. The first-order chi connectivity index (χ1) is 17.9. The van der Waals surface area contributed by atoms with Crippen LogP contribution in [0.25, 0.3) is 22.2 Å². The first kappa shape index (κ1) is 23.7. The van der Waals surface area contributed by atoms with Crippen LogP contribution in [0.4, 0.5) is 9.18 Å². The second-order valence-corrected chi connectivity index (χ2v) is 10.2. The number of likely N-dealkylation sites (tertiary alicyclic amines) is 1. The Morgan fingerprint density at radius 1 is 1.19 bits per heavy atom. The first-order valence-electron chi connectivity index (χ1n) is 12.9. The summed E-state index contributed by atoms with van der Waals surface area (Å²) in [6.45, 7) is 3.75. The zero-order valence-corrected chi connectivity index (χ0v) is 20.9. The van der Waals surface area contributed by atoms with Gasteiger partial charge >= 0.3 is 6.03 Å². The highest BCUT2D eigenvalue weighted by Gasteiger charge is 2.37. The third-order valence-corrected chi connectivity index (χ3v) is 7.69. The molecule has 3 aromatic rings. The number of fused-ring (bicyclic) bond motifs is 2. The van der Waals surface area contributed by atoms with Crippen LogP contribution in [-0.2, 0) is 6.54 Å². The second-order valence-electron chi connectivity index (χ2n) is 10.2. The number of carbonyl (C=O) groups excluding carboxylic acids is 1. The van der Waals surface area contributed by atoms with Crippen molar-refractivity contribution < 1.29 is 19.0 Å². The number of ether oxygens (including phenoxy) is 1. The van der Waals surface area contributed by atoms with Crippen molar-refractivity contribution in [3.8, 4) is 16.9 Å². The van der Waals surface area contributed by atoms with Crippen molar-refractivity contribution >= 4 is 17.1 Å². The van der Waals surface area contributed by atoms with Gasteiger partial charge in [0.15, 0.2) is 0 Å². The quantitative estimate of drug-likeness (QED) is 0.511. The number of imidazole rings is 1. The van der Waals surface area contributed by atoms with Crippen LogP contribution in [0.3, 0.4) is 0 Å². The summed E-state index contributed by atoms with van der Waals surface area (Å²) < 4.78 is 19.6. The number of aliphatic hydroxyl groups is 1. The number of aromatic nitrogens is 2. The van der Waals surface area contributed by atoms with Gasteiger partial charge in [0.2, 0.25) is 0 Å². The van der Waals surface area contributed by atoms with E-state index in [0.717, 1.165) is 39.3 Å². The molecule has 0 spiro atoms. The molecule has 8 heteroatoms. The smallest absolute Gasteiger partial charge is 0.320 e. The number of halogens is 1. The molecule has 192 valence electrons. The van der Waals surface area contributed by atoms with Gasteiger partial charge in [-0.3, -0.25) is 0 Å². The van der Waals surface area contributed by atoms with Crippen LogP contribution in [0.1, 0.15) is 30.7 Å². The molecule has 1 aliphatic carbocycles. The van der Waals surface area contributed by atoms with Gasteiger partial charge in [0, 0.05) is 24.1 Å². The molecule has 0 saturated carbocycles. The molecular formula is C29H31FN4O3. The lowest BCUT2D eigenvalue weighted by Crippen LogP contribution is -2.55. The molecule has 2 amide bonds. The molecule has 7 nitrogen and oxygen atoms in total. The van der Waals surface area contributed by atoms with Gasteiger partial charge in [0.05, 0.1) is 30.2 Å². The SMILES string of the molecule is Cc1nc2ccc(-c3ccc4c(c3)CN(C(=O)N3CCC(O)CC3C3C=CC(F)=CC3)CCO4)cc2[nH]1. The van der Waals surface area contributed by atoms with Gasteiger partial charge in [-0.15, -0.1) is 0 Å². The predicted octanol–water partition coefficient (Wildman–Crippen LogP) is 5.11. The molecule has 2 aliphatic heterocycles. The number of H-pyrrole nitrogens is 1. The van der Waals surface area contributed by atoms with Gasteiger partial charge in [-0.05, 0) is 73.7 Å². The van der Waals surface area contributed by atoms with Crippen LogP contribution in [0.15, 0.2) is 60.5 Å². The highest BCUT2D eigenvalue weighted by molar-refractivity contribution is 5.82. The Balaban J connectivity index is 1.25. The lowest BCUT2D eigenvalue weighted by Gasteiger charge is -2.43. The number of nitrogens with one attached hydrogen (secondary N) is 1. The van der Waals surface area contributed by atoms with Crippen molar-refractivity contribution in [2.45, 2.75) is 44.9 Å². The van der Waals surface area contributed by atoms with E-state index >= 15 is 0 Å². The molecule has 1 fully saturated rings. The highest BCUT2D eigenvalue weighted by Crippen LogP contribution is 2.34. The van der Waals surface area contributed by atoms with Crippen molar-refractivity contribution in [3.63, 3.8) is 0 Å². The number of aliphatic hydroxyl groups excluding tert-OH is 1. The minimum Gasteiger partial charge on any atom is -0.491 e. The molecule has 3 aliphatic rings. The average molecular weight is 503 g/mol. The standard InChI is InChI=1S/C29H31FN4O3/c1-18-31-25-8-4-21(15-26(25)32-18)20-5-9-28-22(14-20)17-33(12-13-37-28)29(36)34-11-10-24(35)16-27(34)19-2-6-23(30)7-3-19/h2,4-9,14-15,19,24,27,35H,3,10-13,16-17H2,1H3,(H,31,32). The molecule has 1 saturated heterocycles. The predicted molar refractivity (Wildman–Crippen MR) is 140 cm³/mol. The zero-order chi connectivity index (χ0) is 25.5. The fourth-order valence-corrected chi connectivity index (χ4v) is 5.75. The summed E-state index contributed by atoms with van der Waals surface area (Å²) in [4.78, 5) is 25.3. The van der Waals surface area contributed by atoms with Gasteiger partial charge < -0.3 is 24.6 Å². The van der Waals surface area contributed by atoms with Crippen LogP contribution in [0.5, 0.6) is 5.75 Å². The summed E-state index contributed by atoms with van der Waals surface area (Å²) >= 11 is 0. The number of aryl methyl sites for hydroxylation is 1. The largest absolute Gasteiger partial charge is 0.491 e. The highest BCUT2D eigenvalue weighted by atomic mass is 19.1. The van der Waals surface area contributed by atoms with Crippen molar-refractivity contribution in [1.82, 2.24) is 19.8 Å². The Kier molecular flexibility index (Phi) is 6.20. The molecule has 3 atom stereocenters. The van der Waals surface area contributed by atoms with Crippen molar-refractivity contribution in [2.75, 3.05) is 19.7 Å². The minimum atomic E-state index is -0.454. The number of urea groups is 1. The van der Waals surface area contributed by atoms with E-state index in [1.807, 2.05) is 41.0 Å². The molecule has 0 bridgehead atoms. The van der Waals surface area contributed by atoms with E-state index < -0.39 is 6.10 Å². The number of rotatable bonds is 2. The van der Waals surface area contributed by atoms with Crippen LogP contribution in [0, 0.1) is 12.8 Å². The monoisotopic (exact) mass is 502 g/mol. The number of piperidine rings is 1. The number of amides is 2. The first-order valence-corrected chi connectivity index (χ1v) is 12.9. The number of benzene rings is 2. The van der Waals surface area contributed by atoms with E-state index in [4.69, 9.17) is 4.74 Å². The van der Waals surface area contributed by atoms with Crippen molar-refractivity contribution in [1.29, 1.82) is 0 Å². The number of hydrogen-bond donors (Lipinski definition) is 2. The Labute approximate surface area is 215 Å². The molecule has 0 radical (unpaired) electrons. The fourth-order valence-electron chi connectivity index (χ4n) is 5.75. The van der Waals surface area contributed by atoms with Gasteiger partial charge in [-0.1, -0.05) is 18.2 Å². The third kappa shape index (κ3) is 4.73. The summed E-state index contributed by atoms with van der Waals surface area (Å²) in [5, 5.41) is 10.4. The maximum atomic E-state index is 13.8. The fraction of sp³-hybridized carbons (Fsp3) is 0.379. The summed E-state index contributed by atoms with van der Waals surface area (Å²) in [5.74, 6) is 1.41. The molecule has 1 aromatic heterocycles. The van der Waals surface area contributed by atoms with E-state index in [-0.39, 0.29) is 23.8 Å². The molecule has 3 unspecified atom stereocenters. The molecule has 37 heavy (non-hydrogen) atoms. The molecule has 2 N–H and O–H groups in total. The number of allylic oxidation sites excluding steroid dienone is 3. The van der Waals surface area contributed by atoms with Crippen LogP contribution in [0.2, 0.25) is 0 Å². The molecule has 6 rings (SSSR count).